The van der Waals surface area contributed by atoms with E-state index in [4.69, 9.17) is 21.0 Å². The van der Waals surface area contributed by atoms with Gasteiger partial charge in [-0.3, -0.25) is 0 Å². The number of nitrogens with zero attached hydrogens (tertiary/aromatic N) is 4. The topological polar surface area (TPSA) is 95.2 Å². The molecule has 0 bridgehead atoms. The van der Waals surface area contributed by atoms with Gasteiger partial charge in [-0.1, -0.05) is 24.3 Å². The third-order valence-electron chi connectivity index (χ3n) is 2.66. The van der Waals surface area contributed by atoms with Gasteiger partial charge in [0.1, 0.15) is 24.3 Å². The van der Waals surface area contributed by atoms with Crippen molar-refractivity contribution in [2.24, 2.45) is 0 Å². The largest absolute Gasteiger partial charge is 0.192 e. The van der Waals surface area contributed by atoms with Crippen LogP contribution in [0.25, 0.3) is 10.8 Å². The smallest absolute Gasteiger partial charge is 0.102 e. The van der Waals surface area contributed by atoms with Gasteiger partial charge in [0.15, 0.2) is 0 Å². The summed E-state index contributed by atoms with van der Waals surface area (Å²) in [7, 11) is 0. The lowest BCUT2D eigenvalue weighted by Crippen LogP contribution is -1.97. The van der Waals surface area contributed by atoms with E-state index in [1.807, 2.05) is 24.3 Å². The van der Waals surface area contributed by atoms with Gasteiger partial charge in [-0.25, -0.2) is 0 Å². The molecule has 0 heterocycles. The zero-order chi connectivity index (χ0) is 13.1. The molecule has 0 spiro atoms. The summed E-state index contributed by atoms with van der Waals surface area (Å²) in [5.74, 6) is 0. The number of nitriles is 4. The maximum Gasteiger partial charge on any atom is 0.102 e. The molecule has 0 N–H and O–H groups in total. The van der Waals surface area contributed by atoms with E-state index in [1.54, 1.807) is 24.3 Å². The predicted octanol–water partition coefficient (Wildman–Crippen LogP) is 2.33. The molecular formula is C14H4N4. The third kappa shape index (κ3) is 1.35. The number of fused-ring (bicyclic) bond motifs is 1. The Balaban J connectivity index is 3.20. The fourth-order valence-corrected chi connectivity index (χ4v) is 1.89. The summed E-state index contributed by atoms with van der Waals surface area (Å²) >= 11 is 0. The lowest BCUT2D eigenvalue weighted by atomic mass is 9.91. The van der Waals surface area contributed by atoms with E-state index in [-0.39, 0.29) is 22.3 Å². The summed E-state index contributed by atoms with van der Waals surface area (Å²) < 4.78 is 0. The molecule has 0 radical (unpaired) electrons. The summed E-state index contributed by atoms with van der Waals surface area (Å²) in [5.41, 5.74) is 0.220. The standard InChI is InChI=1S/C14H4N4/c15-5-11-9-3-1-2-4-10(9)12(6-16)14(8-18)13(11)7-17/h1-4H. The molecule has 0 aliphatic heterocycles. The van der Waals surface area contributed by atoms with Crippen LogP contribution in [0, 0.1) is 45.3 Å². The van der Waals surface area contributed by atoms with Crippen LogP contribution in [0.15, 0.2) is 24.3 Å². The normalized spacial score (nSPS) is 8.89. The van der Waals surface area contributed by atoms with E-state index in [2.05, 4.69) is 0 Å². The van der Waals surface area contributed by atoms with Crippen LogP contribution in [-0.4, -0.2) is 0 Å². The lowest BCUT2D eigenvalue weighted by molar-refractivity contribution is 1.39. The van der Waals surface area contributed by atoms with Crippen molar-refractivity contribution in [3.63, 3.8) is 0 Å². The van der Waals surface area contributed by atoms with Gasteiger partial charge >= 0.3 is 0 Å². The molecular weight excluding hydrogens is 224 g/mol. The Bertz CT molecular complexity index is 750. The minimum atomic E-state index is -0.0322. The second kappa shape index (κ2) is 4.26. The summed E-state index contributed by atoms with van der Waals surface area (Å²) in [5, 5.41) is 37.5. The van der Waals surface area contributed by atoms with E-state index in [0.29, 0.717) is 10.8 Å². The zero-order valence-corrected chi connectivity index (χ0v) is 9.10. The minimum Gasteiger partial charge on any atom is -0.192 e. The SMILES string of the molecule is N#Cc1c(C#N)c(C#N)c2ccccc2c1C#N. The molecule has 4 nitrogen and oxygen atoms in total. The Labute approximate surface area is 103 Å². The van der Waals surface area contributed by atoms with Crippen molar-refractivity contribution in [2.75, 3.05) is 0 Å². The van der Waals surface area contributed by atoms with Gasteiger partial charge in [0.2, 0.25) is 0 Å². The van der Waals surface area contributed by atoms with Crippen molar-refractivity contribution in [1.82, 2.24) is 0 Å². The van der Waals surface area contributed by atoms with Crippen molar-refractivity contribution < 1.29 is 0 Å². The van der Waals surface area contributed by atoms with E-state index >= 15 is 0 Å². The van der Waals surface area contributed by atoms with Gasteiger partial charge in [0.25, 0.3) is 0 Å². The average Bonchev–Trinajstić information content (AvgIpc) is 2.44. The van der Waals surface area contributed by atoms with Crippen LogP contribution >= 0.6 is 0 Å². The van der Waals surface area contributed by atoms with Crippen molar-refractivity contribution in [3.05, 3.63) is 46.5 Å². The van der Waals surface area contributed by atoms with Gasteiger partial charge in [-0.05, 0) is 0 Å². The van der Waals surface area contributed by atoms with Crippen LogP contribution in [-0.2, 0) is 0 Å². The first kappa shape index (κ1) is 11.2. The molecule has 0 atom stereocenters. The molecule has 0 aliphatic carbocycles. The van der Waals surface area contributed by atoms with Crippen LogP contribution in [0.3, 0.4) is 0 Å². The van der Waals surface area contributed by atoms with E-state index < -0.39 is 0 Å². The molecule has 0 saturated carbocycles. The molecule has 2 rings (SSSR count). The fraction of sp³-hybridized carbons (Fsp3) is 0. The Hall–Kier alpha value is -3.34. The number of hydrogen-bond acceptors (Lipinski definition) is 4. The fourth-order valence-electron chi connectivity index (χ4n) is 1.89. The molecule has 0 unspecified atom stereocenters. The Morgan fingerprint density at radius 2 is 0.889 bits per heavy atom. The highest BCUT2D eigenvalue weighted by atomic mass is 14.3. The first-order valence-electron chi connectivity index (χ1n) is 4.97. The van der Waals surface area contributed by atoms with Gasteiger partial charge in [-0.15, -0.1) is 0 Å². The first-order valence-corrected chi connectivity index (χ1v) is 4.97. The van der Waals surface area contributed by atoms with Crippen LogP contribution in [0.1, 0.15) is 22.3 Å². The van der Waals surface area contributed by atoms with E-state index in [1.165, 1.54) is 0 Å². The van der Waals surface area contributed by atoms with Crippen LogP contribution in [0.5, 0.6) is 0 Å². The molecule has 2 aromatic carbocycles. The van der Waals surface area contributed by atoms with Gasteiger partial charge < -0.3 is 0 Å². The average molecular weight is 228 g/mol. The summed E-state index contributed by atoms with van der Waals surface area (Å²) in [6.07, 6.45) is 0. The van der Waals surface area contributed by atoms with Crippen molar-refractivity contribution in [3.8, 4) is 24.3 Å². The predicted molar refractivity (Wildman–Crippen MR) is 62.8 cm³/mol. The molecule has 2 aromatic rings. The monoisotopic (exact) mass is 228 g/mol. The molecule has 4 heteroatoms. The summed E-state index contributed by atoms with van der Waals surface area (Å²) in [6, 6.07) is 14.3. The molecule has 18 heavy (non-hydrogen) atoms. The minimum absolute atomic E-state index is 0.0322. The van der Waals surface area contributed by atoms with Gasteiger partial charge in [0, 0.05) is 10.8 Å². The molecule has 80 valence electrons. The second-order valence-electron chi connectivity index (χ2n) is 3.49. The van der Waals surface area contributed by atoms with Crippen LogP contribution in [0.4, 0.5) is 0 Å². The van der Waals surface area contributed by atoms with E-state index in [9.17, 15) is 0 Å². The highest BCUT2D eigenvalue weighted by Crippen LogP contribution is 2.29. The highest BCUT2D eigenvalue weighted by Gasteiger charge is 2.18. The molecule has 0 fully saturated rings. The summed E-state index contributed by atoms with van der Waals surface area (Å²) in [6.45, 7) is 0. The van der Waals surface area contributed by atoms with Gasteiger partial charge in [0.05, 0.1) is 22.3 Å². The number of benzene rings is 2. The highest BCUT2D eigenvalue weighted by molar-refractivity contribution is 5.96. The Morgan fingerprint density at radius 1 is 0.556 bits per heavy atom. The first-order chi connectivity index (χ1) is 8.78. The van der Waals surface area contributed by atoms with Crippen molar-refractivity contribution >= 4 is 10.8 Å². The molecule has 0 aromatic heterocycles. The van der Waals surface area contributed by atoms with Crippen LogP contribution in [0.2, 0.25) is 0 Å². The summed E-state index contributed by atoms with van der Waals surface area (Å²) in [4.78, 5) is 0. The van der Waals surface area contributed by atoms with E-state index in [0.717, 1.165) is 0 Å². The Morgan fingerprint density at radius 3 is 1.17 bits per heavy atom. The second-order valence-corrected chi connectivity index (χ2v) is 3.49. The molecule has 0 amide bonds. The maximum atomic E-state index is 9.14. The Kier molecular flexibility index (Phi) is 2.64. The maximum absolute atomic E-state index is 9.14. The lowest BCUT2D eigenvalue weighted by Gasteiger charge is -2.06. The quantitative estimate of drug-likeness (QED) is 0.691. The third-order valence-corrected chi connectivity index (χ3v) is 2.66. The van der Waals surface area contributed by atoms with Gasteiger partial charge in [-0.2, -0.15) is 21.0 Å². The van der Waals surface area contributed by atoms with Crippen LogP contribution < -0.4 is 0 Å². The van der Waals surface area contributed by atoms with Crippen molar-refractivity contribution in [1.29, 1.82) is 21.0 Å². The van der Waals surface area contributed by atoms with Crippen molar-refractivity contribution in [2.45, 2.75) is 0 Å². The molecule has 0 saturated heterocycles. The number of hydrogen-bond donors (Lipinski definition) is 0. The zero-order valence-electron chi connectivity index (χ0n) is 9.10. The number of rotatable bonds is 0. The molecule has 0 aliphatic rings.